The van der Waals surface area contributed by atoms with Crippen molar-refractivity contribution in [1.29, 1.82) is 0 Å². The normalized spacial score (nSPS) is 18.6. The Morgan fingerprint density at radius 2 is 2.29 bits per heavy atom. The SMILES string of the molecule is O=C(CN1CC[C@@H](Oc2ccncc2)C1)Nc1nccs1. The number of likely N-dealkylation sites (tertiary alicyclic amines) is 1. The van der Waals surface area contributed by atoms with Crippen LogP contribution in [0.4, 0.5) is 5.13 Å². The first-order valence-corrected chi connectivity index (χ1v) is 7.66. The molecular weight excluding hydrogens is 288 g/mol. The zero-order valence-electron chi connectivity index (χ0n) is 11.4. The van der Waals surface area contributed by atoms with Gasteiger partial charge in [-0.05, 0) is 18.6 Å². The van der Waals surface area contributed by atoms with Crippen molar-refractivity contribution in [3.05, 3.63) is 36.1 Å². The van der Waals surface area contributed by atoms with E-state index in [1.165, 1.54) is 11.3 Å². The summed E-state index contributed by atoms with van der Waals surface area (Å²) in [6.07, 6.45) is 6.15. The quantitative estimate of drug-likeness (QED) is 0.909. The summed E-state index contributed by atoms with van der Waals surface area (Å²) >= 11 is 1.42. The number of carbonyl (C=O) groups is 1. The van der Waals surface area contributed by atoms with Crippen LogP contribution in [0, 0.1) is 0 Å². The first kappa shape index (κ1) is 14.0. The zero-order valence-corrected chi connectivity index (χ0v) is 12.3. The summed E-state index contributed by atoms with van der Waals surface area (Å²) in [4.78, 5) is 22.0. The van der Waals surface area contributed by atoms with Crippen LogP contribution in [0.3, 0.4) is 0 Å². The largest absolute Gasteiger partial charge is 0.489 e. The summed E-state index contributed by atoms with van der Waals surface area (Å²) in [7, 11) is 0. The highest BCUT2D eigenvalue weighted by atomic mass is 32.1. The molecule has 6 nitrogen and oxygen atoms in total. The van der Waals surface area contributed by atoms with E-state index in [4.69, 9.17) is 4.74 Å². The second kappa shape index (κ2) is 6.64. The molecule has 0 spiro atoms. The van der Waals surface area contributed by atoms with Gasteiger partial charge in [0.05, 0.1) is 6.54 Å². The molecule has 0 aromatic carbocycles. The Balaban J connectivity index is 1.45. The van der Waals surface area contributed by atoms with Crippen molar-refractivity contribution in [2.45, 2.75) is 12.5 Å². The minimum absolute atomic E-state index is 0.0329. The molecular formula is C14H16N4O2S. The molecule has 1 aliphatic rings. The van der Waals surface area contributed by atoms with Crippen molar-refractivity contribution in [2.24, 2.45) is 0 Å². The highest BCUT2D eigenvalue weighted by Crippen LogP contribution is 2.17. The van der Waals surface area contributed by atoms with Gasteiger partial charge < -0.3 is 10.1 Å². The van der Waals surface area contributed by atoms with Gasteiger partial charge in [-0.2, -0.15) is 0 Å². The molecule has 3 heterocycles. The summed E-state index contributed by atoms with van der Waals surface area (Å²) in [6, 6.07) is 3.69. The second-order valence-electron chi connectivity index (χ2n) is 4.83. The third-order valence-corrected chi connectivity index (χ3v) is 3.92. The van der Waals surface area contributed by atoms with E-state index in [0.29, 0.717) is 11.7 Å². The minimum atomic E-state index is -0.0329. The molecule has 110 valence electrons. The molecule has 2 aromatic heterocycles. The maximum absolute atomic E-state index is 11.9. The van der Waals surface area contributed by atoms with Gasteiger partial charge in [0.1, 0.15) is 11.9 Å². The summed E-state index contributed by atoms with van der Waals surface area (Å²) in [5, 5.41) is 5.27. The van der Waals surface area contributed by atoms with E-state index in [-0.39, 0.29) is 12.0 Å². The number of pyridine rings is 1. The summed E-state index contributed by atoms with van der Waals surface area (Å²) < 4.78 is 5.87. The van der Waals surface area contributed by atoms with Crippen LogP contribution in [0.25, 0.3) is 0 Å². The molecule has 0 saturated carbocycles. The first-order valence-electron chi connectivity index (χ1n) is 6.78. The fourth-order valence-electron chi connectivity index (χ4n) is 2.29. The van der Waals surface area contributed by atoms with Gasteiger partial charge in [0.25, 0.3) is 0 Å². The van der Waals surface area contributed by atoms with E-state index in [9.17, 15) is 4.79 Å². The third kappa shape index (κ3) is 3.99. The molecule has 1 aliphatic heterocycles. The third-order valence-electron chi connectivity index (χ3n) is 3.23. The Bertz CT molecular complexity index is 576. The van der Waals surface area contributed by atoms with Gasteiger partial charge in [0.2, 0.25) is 5.91 Å². The molecule has 21 heavy (non-hydrogen) atoms. The summed E-state index contributed by atoms with van der Waals surface area (Å²) in [5.74, 6) is 0.790. The molecule has 0 radical (unpaired) electrons. The smallest absolute Gasteiger partial charge is 0.240 e. The van der Waals surface area contributed by atoms with Crippen LogP contribution in [0.15, 0.2) is 36.1 Å². The Morgan fingerprint density at radius 1 is 1.43 bits per heavy atom. The predicted molar refractivity (Wildman–Crippen MR) is 80.5 cm³/mol. The van der Waals surface area contributed by atoms with Crippen molar-refractivity contribution in [1.82, 2.24) is 14.9 Å². The number of carbonyl (C=O) groups excluding carboxylic acids is 1. The number of nitrogens with zero attached hydrogens (tertiary/aromatic N) is 3. The van der Waals surface area contributed by atoms with E-state index in [1.807, 2.05) is 17.5 Å². The number of aromatic nitrogens is 2. The lowest BCUT2D eigenvalue weighted by atomic mass is 10.3. The molecule has 2 aromatic rings. The molecule has 1 amide bonds. The second-order valence-corrected chi connectivity index (χ2v) is 5.73. The van der Waals surface area contributed by atoms with Crippen molar-refractivity contribution < 1.29 is 9.53 Å². The van der Waals surface area contributed by atoms with E-state index in [2.05, 4.69) is 20.2 Å². The van der Waals surface area contributed by atoms with Crippen LogP contribution in [0.5, 0.6) is 5.75 Å². The average Bonchev–Trinajstić information content (AvgIpc) is 3.12. The average molecular weight is 304 g/mol. The number of thiazole rings is 1. The van der Waals surface area contributed by atoms with E-state index < -0.39 is 0 Å². The van der Waals surface area contributed by atoms with Gasteiger partial charge in [-0.25, -0.2) is 4.98 Å². The Morgan fingerprint density at radius 3 is 3.05 bits per heavy atom. The van der Waals surface area contributed by atoms with Crippen LogP contribution in [-0.2, 0) is 4.79 Å². The molecule has 1 N–H and O–H groups in total. The number of ether oxygens (including phenoxy) is 1. The number of rotatable bonds is 5. The van der Waals surface area contributed by atoms with E-state index in [1.54, 1.807) is 18.6 Å². The molecule has 1 fully saturated rings. The number of amides is 1. The van der Waals surface area contributed by atoms with Gasteiger partial charge in [0.15, 0.2) is 5.13 Å². The first-order chi connectivity index (χ1) is 10.3. The fourth-order valence-corrected chi connectivity index (χ4v) is 2.84. The van der Waals surface area contributed by atoms with Crippen LogP contribution < -0.4 is 10.1 Å². The fraction of sp³-hybridized carbons (Fsp3) is 0.357. The highest BCUT2D eigenvalue weighted by Gasteiger charge is 2.25. The van der Waals surface area contributed by atoms with Crippen molar-refractivity contribution >= 4 is 22.4 Å². The number of nitrogens with one attached hydrogen (secondary N) is 1. The highest BCUT2D eigenvalue weighted by molar-refractivity contribution is 7.13. The maximum atomic E-state index is 11.9. The number of hydrogen-bond donors (Lipinski definition) is 1. The van der Waals surface area contributed by atoms with Gasteiger partial charge in [-0.15, -0.1) is 11.3 Å². The molecule has 0 bridgehead atoms. The Labute approximate surface area is 126 Å². The minimum Gasteiger partial charge on any atom is -0.489 e. The summed E-state index contributed by atoms with van der Waals surface area (Å²) in [6.45, 7) is 1.99. The molecule has 0 unspecified atom stereocenters. The lowest BCUT2D eigenvalue weighted by Gasteiger charge is -2.16. The summed E-state index contributed by atoms with van der Waals surface area (Å²) in [5.41, 5.74) is 0. The van der Waals surface area contributed by atoms with E-state index in [0.717, 1.165) is 25.3 Å². The zero-order chi connectivity index (χ0) is 14.5. The van der Waals surface area contributed by atoms with Gasteiger partial charge in [0, 0.05) is 37.1 Å². The lowest BCUT2D eigenvalue weighted by Crippen LogP contribution is -2.33. The maximum Gasteiger partial charge on any atom is 0.240 e. The van der Waals surface area contributed by atoms with Crippen LogP contribution in [0.2, 0.25) is 0 Å². The van der Waals surface area contributed by atoms with Crippen molar-refractivity contribution in [3.63, 3.8) is 0 Å². The molecule has 0 aliphatic carbocycles. The lowest BCUT2D eigenvalue weighted by molar-refractivity contribution is -0.117. The van der Waals surface area contributed by atoms with Crippen molar-refractivity contribution in [2.75, 3.05) is 25.0 Å². The van der Waals surface area contributed by atoms with Crippen LogP contribution >= 0.6 is 11.3 Å². The number of hydrogen-bond acceptors (Lipinski definition) is 6. The van der Waals surface area contributed by atoms with E-state index >= 15 is 0 Å². The molecule has 3 rings (SSSR count). The van der Waals surface area contributed by atoms with Gasteiger partial charge in [-0.1, -0.05) is 0 Å². The molecule has 1 atom stereocenters. The van der Waals surface area contributed by atoms with Gasteiger partial charge >= 0.3 is 0 Å². The van der Waals surface area contributed by atoms with Crippen LogP contribution in [0.1, 0.15) is 6.42 Å². The monoisotopic (exact) mass is 304 g/mol. The molecule has 7 heteroatoms. The van der Waals surface area contributed by atoms with Gasteiger partial charge in [-0.3, -0.25) is 14.7 Å². The predicted octanol–water partition coefficient (Wildman–Crippen LogP) is 1.63. The van der Waals surface area contributed by atoms with Crippen molar-refractivity contribution in [3.8, 4) is 5.75 Å². The standard InChI is InChI=1S/C14H16N4O2S/c19-13(17-14-16-6-8-21-14)10-18-7-3-12(9-18)20-11-1-4-15-5-2-11/h1-2,4-6,8,12H,3,7,9-10H2,(H,16,17,19)/t12-/m1/s1. The van der Waals surface area contributed by atoms with Crippen LogP contribution in [-0.4, -0.2) is 46.5 Å². The number of anilines is 1. The molecule has 1 saturated heterocycles. The topological polar surface area (TPSA) is 67.4 Å². The Kier molecular flexibility index (Phi) is 4.42. The Hall–Kier alpha value is -1.99.